The number of pyridine rings is 1. The highest BCUT2D eigenvalue weighted by Gasteiger charge is 2.37. The van der Waals surface area contributed by atoms with Crippen LogP contribution in [0.4, 0.5) is 0 Å². The largest absolute Gasteiger partial charge is 0.374 e. The third kappa shape index (κ3) is 3.30. The Labute approximate surface area is 110 Å². The number of rotatable bonds is 6. The minimum atomic E-state index is -0.0228. The average molecular weight is 248 g/mol. The van der Waals surface area contributed by atoms with Gasteiger partial charge in [0.15, 0.2) is 0 Å². The van der Waals surface area contributed by atoms with Gasteiger partial charge in [0.2, 0.25) is 0 Å². The van der Waals surface area contributed by atoms with Crippen molar-refractivity contribution in [2.45, 2.75) is 51.2 Å². The molecule has 18 heavy (non-hydrogen) atoms. The van der Waals surface area contributed by atoms with E-state index in [9.17, 15) is 0 Å². The molecule has 1 aliphatic heterocycles. The summed E-state index contributed by atoms with van der Waals surface area (Å²) in [5.41, 5.74) is 1.26. The Bertz CT molecular complexity index is 347. The first-order valence-corrected chi connectivity index (χ1v) is 7.01. The smallest absolute Gasteiger partial charge is 0.0810 e. The number of nitrogens with one attached hydrogen (secondary N) is 1. The van der Waals surface area contributed by atoms with Crippen molar-refractivity contribution in [2.24, 2.45) is 0 Å². The van der Waals surface area contributed by atoms with Crippen LogP contribution in [0.2, 0.25) is 0 Å². The fraction of sp³-hybridized carbons (Fsp3) is 0.667. The molecule has 3 heteroatoms. The first kappa shape index (κ1) is 13.5. The van der Waals surface area contributed by atoms with E-state index < -0.39 is 0 Å². The first-order chi connectivity index (χ1) is 8.74. The van der Waals surface area contributed by atoms with E-state index in [1.165, 1.54) is 12.0 Å². The summed E-state index contributed by atoms with van der Waals surface area (Å²) in [5, 5.41) is 3.65. The summed E-state index contributed by atoms with van der Waals surface area (Å²) in [6, 6.07) is 4.53. The van der Waals surface area contributed by atoms with Gasteiger partial charge < -0.3 is 10.1 Å². The number of hydrogen-bond donors (Lipinski definition) is 1. The van der Waals surface area contributed by atoms with Crippen LogP contribution in [0.15, 0.2) is 24.5 Å². The Kier molecular flexibility index (Phi) is 4.72. The SMILES string of the molecule is CCCNC(Cc1cccnc1)C1(C)CCCO1. The molecule has 1 aliphatic rings. The zero-order chi connectivity index (χ0) is 12.8. The van der Waals surface area contributed by atoms with Gasteiger partial charge in [-0.1, -0.05) is 13.0 Å². The summed E-state index contributed by atoms with van der Waals surface area (Å²) >= 11 is 0. The lowest BCUT2D eigenvalue weighted by Gasteiger charge is -2.34. The van der Waals surface area contributed by atoms with Crippen molar-refractivity contribution in [1.82, 2.24) is 10.3 Å². The second-order valence-electron chi connectivity index (χ2n) is 5.34. The normalized spacial score (nSPS) is 25.2. The van der Waals surface area contributed by atoms with Crippen LogP contribution in [0, 0.1) is 0 Å². The highest BCUT2D eigenvalue weighted by atomic mass is 16.5. The quantitative estimate of drug-likeness (QED) is 0.840. The standard InChI is InChI=1S/C15H24N2O/c1-3-8-17-14(15(2)7-5-10-18-15)11-13-6-4-9-16-12-13/h4,6,9,12,14,17H,3,5,7-8,10-11H2,1-2H3. The minimum Gasteiger partial charge on any atom is -0.374 e. The van der Waals surface area contributed by atoms with Crippen LogP contribution >= 0.6 is 0 Å². The lowest BCUT2D eigenvalue weighted by molar-refractivity contribution is -0.0114. The van der Waals surface area contributed by atoms with E-state index in [-0.39, 0.29) is 5.60 Å². The molecule has 1 fully saturated rings. The van der Waals surface area contributed by atoms with Crippen LogP contribution in [-0.2, 0) is 11.2 Å². The molecular weight excluding hydrogens is 224 g/mol. The third-order valence-electron chi connectivity index (χ3n) is 3.79. The predicted octanol–water partition coefficient (Wildman–Crippen LogP) is 2.56. The molecule has 0 radical (unpaired) electrons. The van der Waals surface area contributed by atoms with Crippen molar-refractivity contribution < 1.29 is 4.74 Å². The number of nitrogens with zero attached hydrogens (tertiary/aromatic N) is 1. The van der Waals surface area contributed by atoms with Crippen molar-refractivity contribution in [3.05, 3.63) is 30.1 Å². The van der Waals surface area contributed by atoms with Gasteiger partial charge in [-0.2, -0.15) is 0 Å². The summed E-state index contributed by atoms with van der Waals surface area (Å²) in [6.45, 7) is 6.38. The van der Waals surface area contributed by atoms with Crippen LogP contribution in [0.3, 0.4) is 0 Å². The molecule has 1 aromatic heterocycles. The van der Waals surface area contributed by atoms with Gasteiger partial charge in [0.05, 0.1) is 5.60 Å². The van der Waals surface area contributed by atoms with Gasteiger partial charge in [-0.3, -0.25) is 4.98 Å². The zero-order valence-electron chi connectivity index (χ0n) is 11.5. The molecule has 1 N–H and O–H groups in total. The molecule has 2 unspecified atom stereocenters. The molecule has 1 aromatic rings. The van der Waals surface area contributed by atoms with E-state index in [1.54, 1.807) is 0 Å². The van der Waals surface area contributed by atoms with E-state index in [1.807, 2.05) is 18.5 Å². The Morgan fingerprint density at radius 2 is 2.44 bits per heavy atom. The van der Waals surface area contributed by atoms with Crippen LogP contribution in [0.1, 0.15) is 38.7 Å². The van der Waals surface area contributed by atoms with Crippen LogP contribution in [0.5, 0.6) is 0 Å². The van der Waals surface area contributed by atoms with Gasteiger partial charge in [-0.05, 0) is 50.8 Å². The average Bonchev–Trinajstić information content (AvgIpc) is 2.84. The number of ether oxygens (including phenoxy) is 1. The van der Waals surface area contributed by atoms with Gasteiger partial charge >= 0.3 is 0 Å². The summed E-state index contributed by atoms with van der Waals surface area (Å²) in [5.74, 6) is 0. The Balaban J connectivity index is 2.05. The molecule has 0 amide bonds. The Hall–Kier alpha value is -0.930. The van der Waals surface area contributed by atoms with Crippen LogP contribution in [0.25, 0.3) is 0 Å². The maximum Gasteiger partial charge on any atom is 0.0810 e. The first-order valence-electron chi connectivity index (χ1n) is 7.01. The van der Waals surface area contributed by atoms with Crippen LogP contribution in [-0.4, -0.2) is 29.8 Å². The molecule has 100 valence electrons. The van der Waals surface area contributed by atoms with Crippen molar-refractivity contribution in [3.63, 3.8) is 0 Å². The molecular formula is C15H24N2O. The molecule has 0 spiro atoms. The van der Waals surface area contributed by atoms with E-state index in [2.05, 4.69) is 30.2 Å². The van der Waals surface area contributed by atoms with Crippen molar-refractivity contribution in [1.29, 1.82) is 0 Å². The third-order valence-corrected chi connectivity index (χ3v) is 3.79. The molecule has 0 aliphatic carbocycles. The monoisotopic (exact) mass is 248 g/mol. The molecule has 2 atom stereocenters. The summed E-state index contributed by atoms with van der Waals surface area (Å²) in [7, 11) is 0. The summed E-state index contributed by atoms with van der Waals surface area (Å²) in [6.07, 6.45) is 8.25. The summed E-state index contributed by atoms with van der Waals surface area (Å²) < 4.78 is 5.99. The number of aromatic nitrogens is 1. The van der Waals surface area contributed by atoms with E-state index in [0.717, 1.165) is 32.4 Å². The predicted molar refractivity (Wildman–Crippen MR) is 73.6 cm³/mol. The van der Waals surface area contributed by atoms with E-state index in [0.29, 0.717) is 6.04 Å². The van der Waals surface area contributed by atoms with Crippen molar-refractivity contribution in [2.75, 3.05) is 13.2 Å². The molecule has 2 rings (SSSR count). The Morgan fingerprint density at radius 3 is 3.06 bits per heavy atom. The fourth-order valence-corrected chi connectivity index (χ4v) is 2.65. The highest BCUT2D eigenvalue weighted by Crippen LogP contribution is 2.30. The van der Waals surface area contributed by atoms with Gasteiger partial charge in [0, 0.05) is 25.0 Å². The lowest BCUT2D eigenvalue weighted by Crippen LogP contribution is -2.50. The zero-order valence-corrected chi connectivity index (χ0v) is 11.5. The number of hydrogen-bond acceptors (Lipinski definition) is 3. The lowest BCUT2D eigenvalue weighted by atomic mass is 9.88. The van der Waals surface area contributed by atoms with Crippen molar-refractivity contribution >= 4 is 0 Å². The minimum absolute atomic E-state index is 0.0228. The molecule has 1 saturated heterocycles. The maximum absolute atomic E-state index is 5.99. The van der Waals surface area contributed by atoms with E-state index in [4.69, 9.17) is 4.74 Å². The van der Waals surface area contributed by atoms with Gasteiger partial charge in [-0.25, -0.2) is 0 Å². The molecule has 0 bridgehead atoms. The highest BCUT2D eigenvalue weighted by molar-refractivity contribution is 5.12. The summed E-state index contributed by atoms with van der Waals surface area (Å²) in [4.78, 5) is 4.20. The topological polar surface area (TPSA) is 34.2 Å². The molecule has 3 nitrogen and oxygen atoms in total. The van der Waals surface area contributed by atoms with Crippen molar-refractivity contribution in [3.8, 4) is 0 Å². The van der Waals surface area contributed by atoms with Gasteiger partial charge in [0.25, 0.3) is 0 Å². The van der Waals surface area contributed by atoms with Gasteiger partial charge in [-0.15, -0.1) is 0 Å². The molecule has 0 saturated carbocycles. The van der Waals surface area contributed by atoms with Crippen LogP contribution < -0.4 is 5.32 Å². The van der Waals surface area contributed by atoms with E-state index >= 15 is 0 Å². The second kappa shape index (κ2) is 6.30. The maximum atomic E-state index is 5.99. The van der Waals surface area contributed by atoms with Gasteiger partial charge in [0.1, 0.15) is 0 Å². The molecule has 2 heterocycles. The Morgan fingerprint density at radius 1 is 1.56 bits per heavy atom. The molecule has 0 aromatic carbocycles. The second-order valence-corrected chi connectivity index (χ2v) is 5.34. The fourth-order valence-electron chi connectivity index (χ4n) is 2.65.